The smallest absolute Gasteiger partial charge is 0.238 e. The first kappa shape index (κ1) is 10.3. The number of thioether (sulfide) groups is 1. The van der Waals surface area contributed by atoms with Crippen molar-refractivity contribution < 1.29 is 4.79 Å². The molecule has 1 heterocycles. The van der Waals surface area contributed by atoms with Crippen LogP contribution in [0.1, 0.15) is 26.2 Å². The normalized spacial score (nSPS) is 28.8. The fourth-order valence-electron chi connectivity index (χ4n) is 1.79. The number of hydrogen-bond donors (Lipinski definition) is 2. The van der Waals surface area contributed by atoms with Gasteiger partial charge in [0.2, 0.25) is 5.91 Å². The van der Waals surface area contributed by atoms with Crippen LogP contribution in [0.5, 0.6) is 0 Å². The Morgan fingerprint density at radius 1 is 1.64 bits per heavy atom. The summed E-state index contributed by atoms with van der Waals surface area (Å²) in [7, 11) is 0. The first-order valence-electron chi connectivity index (χ1n) is 5.35. The molecule has 4 heteroatoms. The van der Waals surface area contributed by atoms with Crippen molar-refractivity contribution in [1.82, 2.24) is 10.6 Å². The molecule has 14 heavy (non-hydrogen) atoms. The maximum atomic E-state index is 11.6. The number of carbonyl (C=O) groups is 1. The summed E-state index contributed by atoms with van der Waals surface area (Å²) in [5.74, 6) is 2.02. The summed E-state index contributed by atoms with van der Waals surface area (Å²) in [5.41, 5.74) is 0.460. The Hall–Kier alpha value is -0.220. The molecule has 1 saturated heterocycles. The molecule has 3 nitrogen and oxygen atoms in total. The number of hydrogen-bond acceptors (Lipinski definition) is 3. The molecule has 0 radical (unpaired) electrons. The van der Waals surface area contributed by atoms with Crippen LogP contribution in [0.4, 0.5) is 0 Å². The van der Waals surface area contributed by atoms with E-state index in [4.69, 9.17) is 0 Å². The van der Waals surface area contributed by atoms with Gasteiger partial charge in [-0.3, -0.25) is 10.1 Å². The molecular weight excluding hydrogens is 196 g/mol. The molecule has 2 rings (SSSR count). The molecule has 0 aromatic rings. The second-order valence-electron chi connectivity index (χ2n) is 4.34. The van der Waals surface area contributed by atoms with Crippen molar-refractivity contribution in [3.8, 4) is 0 Å². The molecule has 0 aromatic carbocycles. The molecule has 0 bridgehead atoms. The Balaban J connectivity index is 1.72. The van der Waals surface area contributed by atoms with Gasteiger partial charge in [0.05, 0.1) is 6.04 Å². The topological polar surface area (TPSA) is 41.1 Å². The lowest BCUT2D eigenvalue weighted by Gasteiger charge is -2.15. The number of nitrogens with one attached hydrogen (secondary N) is 2. The lowest BCUT2D eigenvalue weighted by atomic mass is 10.0. The SMILES string of the molecule is CCC1(CNC(=O)C2CSCN2)CC1. The fraction of sp³-hybridized carbons (Fsp3) is 0.900. The van der Waals surface area contributed by atoms with Gasteiger partial charge in [-0.25, -0.2) is 0 Å². The van der Waals surface area contributed by atoms with Crippen molar-refractivity contribution in [2.45, 2.75) is 32.2 Å². The molecule has 1 aliphatic carbocycles. The van der Waals surface area contributed by atoms with Gasteiger partial charge in [-0.1, -0.05) is 6.92 Å². The highest BCUT2D eigenvalue weighted by molar-refractivity contribution is 7.99. The summed E-state index contributed by atoms with van der Waals surface area (Å²) in [6.07, 6.45) is 3.77. The van der Waals surface area contributed by atoms with Crippen molar-refractivity contribution in [1.29, 1.82) is 0 Å². The van der Waals surface area contributed by atoms with Crippen molar-refractivity contribution in [3.63, 3.8) is 0 Å². The van der Waals surface area contributed by atoms with Crippen molar-refractivity contribution in [2.24, 2.45) is 5.41 Å². The molecule has 1 amide bonds. The number of rotatable bonds is 4. The summed E-state index contributed by atoms with van der Waals surface area (Å²) in [4.78, 5) is 11.6. The summed E-state index contributed by atoms with van der Waals surface area (Å²) in [5, 5.41) is 6.25. The maximum absolute atomic E-state index is 11.6. The van der Waals surface area contributed by atoms with E-state index in [1.54, 1.807) is 11.8 Å². The quantitative estimate of drug-likeness (QED) is 0.732. The van der Waals surface area contributed by atoms with Crippen LogP contribution >= 0.6 is 11.8 Å². The predicted octanol–water partition coefficient (Wildman–Crippen LogP) is 0.955. The summed E-state index contributed by atoms with van der Waals surface area (Å²) in [6.45, 7) is 3.09. The van der Waals surface area contributed by atoms with Gasteiger partial charge in [0, 0.05) is 18.2 Å². The van der Waals surface area contributed by atoms with Gasteiger partial charge in [0.15, 0.2) is 0 Å². The zero-order chi connectivity index (χ0) is 10.0. The third kappa shape index (κ3) is 2.23. The van der Waals surface area contributed by atoms with Crippen LogP contribution in [0.3, 0.4) is 0 Å². The molecule has 2 fully saturated rings. The zero-order valence-electron chi connectivity index (χ0n) is 8.64. The van der Waals surface area contributed by atoms with E-state index in [1.807, 2.05) is 0 Å². The van der Waals surface area contributed by atoms with E-state index in [0.29, 0.717) is 5.41 Å². The van der Waals surface area contributed by atoms with Crippen molar-refractivity contribution in [2.75, 3.05) is 18.2 Å². The average Bonchev–Trinajstić information content (AvgIpc) is 2.78. The van der Waals surface area contributed by atoms with E-state index in [0.717, 1.165) is 18.2 Å². The van der Waals surface area contributed by atoms with E-state index in [9.17, 15) is 4.79 Å². The van der Waals surface area contributed by atoms with Crippen LogP contribution in [-0.4, -0.2) is 30.1 Å². The summed E-state index contributed by atoms with van der Waals surface area (Å²) >= 11 is 1.79. The fourth-order valence-corrected chi connectivity index (χ4v) is 2.74. The van der Waals surface area contributed by atoms with Crippen LogP contribution in [0, 0.1) is 5.41 Å². The highest BCUT2D eigenvalue weighted by atomic mass is 32.2. The van der Waals surface area contributed by atoms with E-state index in [-0.39, 0.29) is 11.9 Å². The first-order chi connectivity index (χ1) is 6.76. The van der Waals surface area contributed by atoms with Gasteiger partial charge in [-0.2, -0.15) is 0 Å². The minimum absolute atomic E-state index is 0.0488. The summed E-state index contributed by atoms with van der Waals surface area (Å²) in [6, 6.07) is 0.0488. The monoisotopic (exact) mass is 214 g/mol. The Bertz CT molecular complexity index is 222. The third-order valence-electron chi connectivity index (χ3n) is 3.38. The summed E-state index contributed by atoms with van der Waals surface area (Å²) < 4.78 is 0. The Kier molecular flexibility index (Phi) is 3.02. The van der Waals surface area contributed by atoms with Gasteiger partial charge in [0.1, 0.15) is 0 Å². The van der Waals surface area contributed by atoms with Gasteiger partial charge < -0.3 is 5.32 Å². The molecule has 0 aromatic heterocycles. The Labute approximate surface area is 89.4 Å². The second-order valence-corrected chi connectivity index (χ2v) is 5.37. The van der Waals surface area contributed by atoms with E-state index < -0.39 is 0 Å². The number of amides is 1. The predicted molar refractivity (Wildman–Crippen MR) is 59.2 cm³/mol. The highest BCUT2D eigenvalue weighted by Crippen LogP contribution is 2.47. The van der Waals surface area contributed by atoms with Crippen LogP contribution in [-0.2, 0) is 4.79 Å². The molecule has 1 unspecified atom stereocenters. The minimum atomic E-state index is 0.0488. The van der Waals surface area contributed by atoms with E-state index in [1.165, 1.54) is 19.3 Å². The van der Waals surface area contributed by atoms with Crippen LogP contribution in [0.25, 0.3) is 0 Å². The Morgan fingerprint density at radius 2 is 2.43 bits per heavy atom. The third-order valence-corrected chi connectivity index (χ3v) is 4.32. The van der Waals surface area contributed by atoms with Gasteiger partial charge in [-0.15, -0.1) is 11.8 Å². The van der Waals surface area contributed by atoms with Crippen molar-refractivity contribution >= 4 is 17.7 Å². The molecular formula is C10H18N2OS. The molecule has 80 valence electrons. The number of carbonyl (C=O) groups excluding carboxylic acids is 1. The largest absolute Gasteiger partial charge is 0.354 e. The lowest BCUT2D eigenvalue weighted by molar-refractivity contribution is -0.122. The van der Waals surface area contributed by atoms with Crippen molar-refractivity contribution in [3.05, 3.63) is 0 Å². The van der Waals surface area contributed by atoms with Gasteiger partial charge in [0.25, 0.3) is 0 Å². The lowest BCUT2D eigenvalue weighted by Crippen LogP contribution is -2.43. The second kappa shape index (κ2) is 4.11. The van der Waals surface area contributed by atoms with E-state index in [2.05, 4.69) is 17.6 Å². The molecule has 1 saturated carbocycles. The van der Waals surface area contributed by atoms with Crippen LogP contribution in [0.2, 0.25) is 0 Å². The van der Waals surface area contributed by atoms with Gasteiger partial charge >= 0.3 is 0 Å². The Morgan fingerprint density at radius 3 is 2.93 bits per heavy atom. The standard InChI is InChI=1S/C10H18N2OS/c1-2-10(3-4-10)6-11-9(13)8-5-14-7-12-8/h8,12H,2-7H2,1H3,(H,11,13). The minimum Gasteiger partial charge on any atom is -0.354 e. The molecule has 1 atom stereocenters. The molecule has 2 aliphatic rings. The molecule has 1 aliphatic heterocycles. The zero-order valence-corrected chi connectivity index (χ0v) is 9.45. The van der Waals surface area contributed by atoms with E-state index >= 15 is 0 Å². The van der Waals surface area contributed by atoms with Crippen LogP contribution < -0.4 is 10.6 Å². The first-order valence-corrected chi connectivity index (χ1v) is 6.50. The average molecular weight is 214 g/mol. The highest BCUT2D eigenvalue weighted by Gasteiger charge is 2.41. The van der Waals surface area contributed by atoms with Crippen LogP contribution in [0.15, 0.2) is 0 Å². The maximum Gasteiger partial charge on any atom is 0.238 e. The molecule has 0 spiro atoms. The van der Waals surface area contributed by atoms with Gasteiger partial charge in [-0.05, 0) is 24.7 Å². The molecule has 2 N–H and O–H groups in total.